The van der Waals surface area contributed by atoms with Crippen molar-refractivity contribution in [2.24, 2.45) is 0 Å². The van der Waals surface area contributed by atoms with Crippen LogP contribution in [0.3, 0.4) is 0 Å². The van der Waals surface area contributed by atoms with Gasteiger partial charge < -0.3 is 15.4 Å². The van der Waals surface area contributed by atoms with E-state index in [0.29, 0.717) is 10.2 Å². The molecule has 0 saturated carbocycles. The second kappa shape index (κ2) is 9.24. The van der Waals surface area contributed by atoms with E-state index in [4.69, 9.17) is 4.74 Å². The number of alkyl halides is 3. The van der Waals surface area contributed by atoms with Crippen LogP contribution >= 0.6 is 0 Å². The maximum Gasteiger partial charge on any atom is 0.405 e. The first kappa shape index (κ1) is 22.8. The summed E-state index contributed by atoms with van der Waals surface area (Å²) in [5, 5.41) is 9.01. The van der Waals surface area contributed by atoms with E-state index in [-0.39, 0.29) is 31.1 Å². The summed E-state index contributed by atoms with van der Waals surface area (Å²) in [6.45, 7) is 0.101. The first-order valence-corrected chi connectivity index (χ1v) is 9.91. The number of carbonyl (C=O) groups excluding carboxylic acids is 1. The quantitative estimate of drug-likeness (QED) is 0.562. The minimum atomic E-state index is -4.62. The minimum absolute atomic E-state index is 0.0729. The van der Waals surface area contributed by atoms with Crippen LogP contribution in [0.4, 0.5) is 22.0 Å². The molecule has 2 N–H and O–H groups in total. The van der Waals surface area contributed by atoms with Crippen molar-refractivity contribution in [2.45, 2.75) is 24.9 Å². The zero-order chi connectivity index (χ0) is 23.6. The summed E-state index contributed by atoms with van der Waals surface area (Å²) in [4.78, 5) is 17.0. The number of benzene rings is 2. The SMILES string of the molecule is O=C(c1ccccc1F)n1nc(C2NCCNC2C(F)(F)F)nc1OCc1ccc(F)cc1. The standard InChI is InChI=1S/C21H18F5N5O2/c22-13-7-5-12(6-8-13)11-33-20-29-18(16-17(21(24,25)26)28-10-9-27-16)30-31(20)19(32)14-3-1-2-4-15(14)23/h1-8,16-17,27-28H,9-11H2. The number of aromatic nitrogens is 3. The van der Waals surface area contributed by atoms with Crippen LogP contribution in [-0.2, 0) is 6.61 Å². The Morgan fingerprint density at radius 2 is 1.76 bits per heavy atom. The Hall–Kier alpha value is -3.38. The van der Waals surface area contributed by atoms with Gasteiger partial charge in [0.1, 0.15) is 24.3 Å². The Morgan fingerprint density at radius 1 is 1.06 bits per heavy atom. The average molecular weight is 467 g/mol. The topological polar surface area (TPSA) is 81.1 Å². The molecule has 174 valence electrons. The summed E-state index contributed by atoms with van der Waals surface area (Å²) in [5.74, 6) is -2.61. The molecule has 0 radical (unpaired) electrons. The molecular weight excluding hydrogens is 449 g/mol. The van der Waals surface area contributed by atoms with Crippen molar-refractivity contribution >= 4 is 5.91 Å². The number of hydrogen-bond acceptors (Lipinski definition) is 6. The zero-order valence-corrected chi connectivity index (χ0v) is 16.9. The molecular formula is C21H18F5N5O2. The van der Waals surface area contributed by atoms with Gasteiger partial charge in [-0.2, -0.15) is 18.2 Å². The predicted octanol–water partition coefficient (Wildman–Crippen LogP) is 2.99. The molecule has 0 amide bonds. The Labute approximate surface area is 184 Å². The van der Waals surface area contributed by atoms with Crippen molar-refractivity contribution in [3.63, 3.8) is 0 Å². The number of piperazine rings is 1. The van der Waals surface area contributed by atoms with Crippen molar-refractivity contribution in [2.75, 3.05) is 13.1 Å². The summed E-state index contributed by atoms with van der Waals surface area (Å²) < 4.78 is 74.0. The lowest BCUT2D eigenvalue weighted by molar-refractivity contribution is -0.166. The van der Waals surface area contributed by atoms with Crippen LogP contribution < -0.4 is 15.4 Å². The van der Waals surface area contributed by atoms with Gasteiger partial charge in [-0.25, -0.2) is 8.78 Å². The highest BCUT2D eigenvalue weighted by molar-refractivity contribution is 5.96. The number of hydrogen-bond donors (Lipinski definition) is 2. The average Bonchev–Trinajstić information content (AvgIpc) is 3.22. The van der Waals surface area contributed by atoms with Gasteiger partial charge >= 0.3 is 12.2 Å². The first-order chi connectivity index (χ1) is 15.7. The fourth-order valence-electron chi connectivity index (χ4n) is 3.38. The number of ether oxygens (including phenoxy) is 1. The van der Waals surface area contributed by atoms with E-state index in [0.717, 1.165) is 6.07 Å². The van der Waals surface area contributed by atoms with Crippen LogP contribution in [0.2, 0.25) is 0 Å². The second-order valence-electron chi connectivity index (χ2n) is 7.27. The molecule has 12 heteroatoms. The molecule has 1 aliphatic heterocycles. The van der Waals surface area contributed by atoms with E-state index in [1.807, 2.05) is 0 Å². The van der Waals surface area contributed by atoms with E-state index < -0.39 is 41.8 Å². The van der Waals surface area contributed by atoms with Gasteiger partial charge in [-0.3, -0.25) is 4.79 Å². The Kier molecular flexibility index (Phi) is 6.38. The van der Waals surface area contributed by atoms with Gasteiger partial charge in [0, 0.05) is 13.1 Å². The molecule has 2 unspecified atom stereocenters. The Balaban J connectivity index is 1.70. The number of carbonyl (C=O) groups is 1. The van der Waals surface area contributed by atoms with Gasteiger partial charge in [-0.15, -0.1) is 9.78 Å². The smallest absolute Gasteiger partial charge is 0.405 e. The normalized spacial score (nSPS) is 18.8. The number of halogens is 5. The minimum Gasteiger partial charge on any atom is -0.458 e. The van der Waals surface area contributed by atoms with Crippen molar-refractivity contribution in [3.05, 3.63) is 77.1 Å². The van der Waals surface area contributed by atoms with E-state index in [1.165, 1.54) is 42.5 Å². The summed E-state index contributed by atoms with van der Waals surface area (Å²) in [5.41, 5.74) is 0.152. The molecule has 0 bridgehead atoms. The molecule has 2 aromatic carbocycles. The largest absolute Gasteiger partial charge is 0.458 e. The lowest BCUT2D eigenvalue weighted by Gasteiger charge is -2.33. The molecule has 1 saturated heterocycles. The van der Waals surface area contributed by atoms with Crippen LogP contribution in [-0.4, -0.2) is 46.0 Å². The molecule has 33 heavy (non-hydrogen) atoms. The molecule has 3 aromatic rings. The molecule has 0 spiro atoms. The van der Waals surface area contributed by atoms with Crippen molar-refractivity contribution < 1.29 is 31.5 Å². The maximum absolute atomic E-state index is 14.2. The van der Waals surface area contributed by atoms with Gasteiger partial charge in [0.15, 0.2) is 5.82 Å². The van der Waals surface area contributed by atoms with Gasteiger partial charge in [0.2, 0.25) is 0 Å². The van der Waals surface area contributed by atoms with Crippen molar-refractivity contribution in [1.29, 1.82) is 0 Å². The third-order valence-electron chi connectivity index (χ3n) is 4.99. The summed E-state index contributed by atoms with van der Waals surface area (Å²) in [7, 11) is 0. The molecule has 7 nitrogen and oxygen atoms in total. The molecule has 0 aliphatic carbocycles. The summed E-state index contributed by atoms with van der Waals surface area (Å²) in [6, 6.07) is 6.53. The van der Waals surface area contributed by atoms with Gasteiger partial charge in [-0.05, 0) is 29.8 Å². The van der Waals surface area contributed by atoms with Gasteiger partial charge in [-0.1, -0.05) is 24.3 Å². The van der Waals surface area contributed by atoms with E-state index in [9.17, 15) is 26.7 Å². The fraction of sp³-hybridized carbons (Fsp3) is 0.286. The summed E-state index contributed by atoms with van der Waals surface area (Å²) >= 11 is 0. The molecule has 2 heterocycles. The third kappa shape index (κ3) is 5.01. The van der Waals surface area contributed by atoms with Crippen molar-refractivity contribution in [3.8, 4) is 6.01 Å². The van der Waals surface area contributed by atoms with Gasteiger partial charge in [0.05, 0.1) is 11.6 Å². The van der Waals surface area contributed by atoms with Crippen LogP contribution in [0.5, 0.6) is 6.01 Å². The lowest BCUT2D eigenvalue weighted by Crippen LogP contribution is -2.57. The van der Waals surface area contributed by atoms with Crippen LogP contribution in [0.25, 0.3) is 0 Å². The predicted molar refractivity (Wildman–Crippen MR) is 105 cm³/mol. The van der Waals surface area contributed by atoms with Gasteiger partial charge in [0.25, 0.3) is 5.91 Å². The number of nitrogens with zero attached hydrogens (tertiary/aromatic N) is 3. The molecule has 2 atom stereocenters. The van der Waals surface area contributed by atoms with Crippen LogP contribution in [0.15, 0.2) is 48.5 Å². The molecule has 1 fully saturated rings. The number of rotatable bonds is 5. The summed E-state index contributed by atoms with van der Waals surface area (Å²) in [6.07, 6.45) is -4.62. The highest BCUT2D eigenvalue weighted by Crippen LogP contribution is 2.31. The van der Waals surface area contributed by atoms with E-state index in [1.54, 1.807) is 0 Å². The highest BCUT2D eigenvalue weighted by Gasteiger charge is 2.48. The second-order valence-corrected chi connectivity index (χ2v) is 7.27. The third-order valence-corrected chi connectivity index (χ3v) is 4.99. The Morgan fingerprint density at radius 3 is 2.45 bits per heavy atom. The first-order valence-electron chi connectivity index (χ1n) is 9.91. The van der Waals surface area contributed by atoms with Crippen LogP contribution in [0.1, 0.15) is 27.8 Å². The fourth-order valence-corrected chi connectivity index (χ4v) is 3.38. The van der Waals surface area contributed by atoms with Crippen molar-refractivity contribution in [1.82, 2.24) is 25.4 Å². The Bertz CT molecular complexity index is 1130. The maximum atomic E-state index is 14.2. The zero-order valence-electron chi connectivity index (χ0n) is 16.9. The monoisotopic (exact) mass is 467 g/mol. The molecule has 4 rings (SSSR count). The molecule has 1 aromatic heterocycles. The van der Waals surface area contributed by atoms with Crippen LogP contribution in [0, 0.1) is 11.6 Å². The van der Waals surface area contributed by atoms with E-state index in [2.05, 4.69) is 20.7 Å². The number of nitrogens with one attached hydrogen (secondary N) is 2. The highest BCUT2D eigenvalue weighted by atomic mass is 19.4. The lowest BCUT2D eigenvalue weighted by atomic mass is 10.1. The van der Waals surface area contributed by atoms with E-state index >= 15 is 0 Å². The molecule has 1 aliphatic rings.